The Hall–Kier alpha value is -2.73. The van der Waals surface area contributed by atoms with Gasteiger partial charge in [-0.15, -0.1) is 0 Å². The molecule has 0 spiro atoms. The van der Waals surface area contributed by atoms with Crippen LogP contribution in [0.15, 0.2) is 48.5 Å². The van der Waals surface area contributed by atoms with E-state index in [1.807, 2.05) is 24.0 Å². The third kappa shape index (κ3) is 6.39. The van der Waals surface area contributed by atoms with E-state index >= 15 is 0 Å². The number of carbonyl (C=O) groups is 2. The van der Waals surface area contributed by atoms with E-state index in [0.29, 0.717) is 26.1 Å². The van der Waals surface area contributed by atoms with Crippen LogP contribution >= 0.6 is 0 Å². The van der Waals surface area contributed by atoms with Crippen molar-refractivity contribution in [1.29, 1.82) is 0 Å². The molecule has 1 atom stereocenters. The minimum absolute atomic E-state index is 0.0156. The summed E-state index contributed by atoms with van der Waals surface area (Å²) in [7, 11) is 0. The normalized spacial score (nSPS) is 15.5. The zero-order valence-corrected chi connectivity index (χ0v) is 17.5. The van der Waals surface area contributed by atoms with Crippen LogP contribution in [0.25, 0.3) is 0 Å². The summed E-state index contributed by atoms with van der Waals surface area (Å²) in [4.78, 5) is 26.7. The van der Waals surface area contributed by atoms with Gasteiger partial charge in [0.05, 0.1) is 12.6 Å². The number of nitrogens with one attached hydrogen (secondary N) is 2. The molecule has 160 valence electrons. The van der Waals surface area contributed by atoms with E-state index in [-0.39, 0.29) is 30.2 Å². The SMILES string of the molecule is CCN(CCC(=O)NC1CCCc2ccccc21)CC(=O)NCc1ccc(F)cc1. The molecule has 3 rings (SSSR count). The van der Waals surface area contributed by atoms with Gasteiger partial charge in [-0.3, -0.25) is 14.5 Å². The number of hydrogen-bond acceptors (Lipinski definition) is 3. The van der Waals surface area contributed by atoms with Crippen LogP contribution in [0.1, 0.15) is 48.9 Å². The number of nitrogens with zero attached hydrogens (tertiary/aromatic N) is 1. The molecule has 0 aliphatic heterocycles. The number of fused-ring (bicyclic) bond motifs is 1. The molecular formula is C24H30FN3O2. The predicted molar refractivity (Wildman–Crippen MR) is 115 cm³/mol. The van der Waals surface area contributed by atoms with Crippen molar-refractivity contribution >= 4 is 11.8 Å². The second kappa shape index (κ2) is 10.9. The number of benzene rings is 2. The molecule has 0 aromatic heterocycles. The first kappa shape index (κ1) is 22.0. The first-order chi connectivity index (χ1) is 14.5. The Balaban J connectivity index is 1.42. The topological polar surface area (TPSA) is 61.4 Å². The molecule has 30 heavy (non-hydrogen) atoms. The third-order valence-corrected chi connectivity index (χ3v) is 5.58. The van der Waals surface area contributed by atoms with Crippen molar-refractivity contribution in [3.63, 3.8) is 0 Å². The Kier molecular flexibility index (Phi) is 7.97. The Morgan fingerprint density at radius 3 is 2.63 bits per heavy atom. The maximum absolute atomic E-state index is 12.9. The summed E-state index contributed by atoms with van der Waals surface area (Å²) in [5, 5.41) is 6.01. The summed E-state index contributed by atoms with van der Waals surface area (Å²) in [5.41, 5.74) is 3.40. The molecule has 0 saturated carbocycles. The average Bonchev–Trinajstić information content (AvgIpc) is 2.76. The maximum atomic E-state index is 12.9. The van der Waals surface area contributed by atoms with Crippen molar-refractivity contribution in [2.24, 2.45) is 0 Å². The molecule has 2 aromatic rings. The number of halogens is 1. The second-order valence-corrected chi connectivity index (χ2v) is 7.73. The molecule has 6 heteroatoms. The molecule has 2 N–H and O–H groups in total. The number of aryl methyl sites for hydroxylation is 1. The Bertz CT molecular complexity index is 854. The maximum Gasteiger partial charge on any atom is 0.234 e. The van der Waals surface area contributed by atoms with Gasteiger partial charge in [-0.05, 0) is 54.6 Å². The highest BCUT2D eigenvalue weighted by Crippen LogP contribution is 2.29. The van der Waals surface area contributed by atoms with Crippen molar-refractivity contribution < 1.29 is 14.0 Å². The standard InChI is InChI=1S/C24H30FN3O2/c1-2-28(17-24(30)26-16-18-10-12-20(25)13-11-18)15-14-23(29)27-22-9-5-7-19-6-3-4-8-21(19)22/h3-4,6,8,10-13,22H,2,5,7,9,14-17H2,1H3,(H,26,30)(H,27,29). The average molecular weight is 412 g/mol. The largest absolute Gasteiger partial charge is 0.351 e. The molecule has 0 fully saturated rings. The summed E-state index contributed by atoms with van der Waals surface area (Å²) in [6.07, 6.45) is 3.47. The Morgan fingerprint density at radius 1 is 1.10 bits per heavy atom. The quantitative estimate of drug-likeness (QED) is 0.665. The summed E-state index contributed by atoms with van der Waals surface area (Å²) < 4.78 is 12.9. The molecule has 0 heterocycles. The van der Waals surface area contributed by atoms with E-state index < -0.39 is 0 Å². The van der Waals surface area contributed by atoms with Crippen LogP contribution in [0.3, 0.4) is 0 Å². The fourth-order valence-electron chi connectivity index (χ4n) is 3.84. The summed E-state index contributed by atoms with van der Waals surface area (Å²) in [6.45, 7) is 3.78. The molecule has 1 aliphatic carbocycles. The first-order valence-corrected chi connectivity index (χ1v) is 10.7. The van der Waals surface area contributed by atoms with Crippen molar-refractivity contribution in [1.82, 2.24) is 15.5 Å². The van der Waals surface area contributed by atoms with Crippen LogP contribution in [-0.4, -0.2) is 36.3 Å². The van der Waals surface area contributed by atoms with Gasteiger partial charge in [-0.2, -0.15) is 0 Å². The van der Waals surface area contributed by atoms with Crippen molar-refractivity contribution in [3.05, 3.63) is 71.0 Å². The fraction of sp³-hybridized carbons (Fsp3) is 0.417. The monoisotopic (exact) mass is 411 g/mol. The number of rotatable bonds is 9. The highest BCUT2D eigenvalue weighted by molar-refractivity contribution is 5.78. The van der Waals surface area contributed by atoms with Crippen LogP contribution in [0.2, 0.25) is 0 Å². The van der Waals surface area contributed by atoms with Gasteiger partial charge in [0.25, 0.3) is 0 Å². The summed E-state index contributed by atoms with van der Waals surface area (Å²) in [6, 6.07) is 14.4. The van der Waals surface area contributed by atoms with Crippen LogP contribution in [0.5, 0.6) is 0 Å². The molecule has 2 aromatic carbocycles. The molecule has 1 aliphatic rings. The molecular weight excluding hydrogens is 381 g/mol. The van der Waals surface area contributed by atoms with Crippen molar-refractivity contribution in [2.45, 2.75) is 45.2 Å². The highest BCUT2D eigenvalue weighted by Gasteiger charge is 2.21. The zero-order chi connectivity index (χ0) is 21.3. The van der Waals surface area contributed by atoms with E-state index in [4.69, 9.17) is 0 Å². The molecule has 0 saturated heterocycles. The lowest BCUT2D eigenvalue weighted by atomic mass is 9.87. The predicted octanol–water partition coefficient (Wildman–Crippen LogP) is 3.35. The zero-order valence-electron chi connectivity index (χ0n) is 17.5. The Morgan fingerprint density at radius 2 is 1.87 bits per heavy atom. The van der Waals surface area contributed by atoms with Crippen molar-refractivity contribution in [2.75, 3.05) is 19.6 Å². The van der Waals surface area contributed by atoms with Gasteiger partial charge < -0.3 is 10.6 Å². The number of amides is 2. The van der Waals surface area contributed by atoms with Crippen LogP contribution in [0.4, 0.5) is 4.39 Å². The highest BCUT2D eigenvalue weighted by atomic mass is 19.1. The lowest BCUT2D eigenvalue weighted by Gasteiger charge is -2.27. The number of hydrogen-bond donors (Lipinski definition) is 2. The minimum Gasteiger partial charge on any atom is -0.351 e. The van der Waals surface area contributed by atoms with Gasteiger partial charge in [0.15, 0.2) is 0 Å². The molecule has 1 unspecified atom stereocenters. The van der Waals surface area contributed by atoms with Crippen molar-refractivity contribution in [3.8, 4) is 0 Å². The van der Waals surface area contributed by atoms with E-state index in [9.17, 15) is 14.0 Å². The Labute approximate surface area is 177 Å². The smallest absolute Gasteiger partial charge is 0.234 e. The molecule has 2 amide bonds. The second-order valence-electron chi connectivity index (χ2n) is 7.73. The van der Waals surface area contributed by atoms with Gasteiger partial charge in [0, 0.05) is 19.5 Å². The van der Waals surface area contributed by atoms with E-state index in [1.54, 1.807) is 12.1 Å². The number of carbonyl (C=O) groups excluding carboxylic acids is 2. The van der Waals surface area contributed by atoms with Gasteiger partial charge in [-0.1, -0.05) is 43.3 Å². The summed E-state index contributed by atoms with van der Waals surface area (Å²) >= 11 is 0. The van der Waals surface area contributed by atoms with E-state index in [0.717, 1.165) is 24.8 Å². The van der Waals surface area contributed by atoms with Crippen LogP contribution in [0, 0.1) is 5.82 Å². The third-order valence-electron chi connectivity index (χ3n) is 5.58. The molecule has 0 bridgehead atoms. The van der Waals surface area contributed by atoms with Gasteiger partial charge in [-0.25, -0.2) is 4.39 Å². The fourth-order valence-corrected chi connectivity index (χ4v) is 3.84. The van der Waals surface area contributed by atoms with Crippen LogP contribution in [-0.2, 0) is 22.6 Å². The van der Waals surface area contributed by atoms with E-state index in [1.165, 1.54) is 23.3 Å². The van der Waals surface area contributed by atoms with Gasteiger partial charge in [0.1, 0.15) is 5.82 Å². The lowest BCUT2D eigenvalue weighted by molar-refractivity contribution is -0.125. The minimum atomic E-state index is -0.294. The molecule has 5 nitrogen and oxygen atoms in total. The summed E-state index contributed by atoms with van der Waals surface area (Å²) in [5.74, 6) is -0.387. The lowest BCUT2D eigenvalue weighted by Crippen LogP contribution is -2.39. The first-order valence-electron chi connectivity index (χ1n) is 10.7. The van der Waals surface area contributed by atoms with E-state index in [2.05, 4.69) is 22.8 Å². The molecule has 0 radical (unpaired) electrons. The van der Waals surface area contributed by atoms with Crippen LogP contribution < -0.4 is 10.6 Å². The number of likely N-dealkylation sites (N-methyl/N-ethyl adjacent to an activating group) is 1. The van der Waals surface area contributed by atoms with Gasteiger partial charge >= 0.3 is 0 Å². The van der Waals surface area contributed by atoms with Gasteiger partial charge in [0.2, 0.25) is 11.8 Å².